The standard InChI is InChI=1S/C13H25NO2/c1-7-8-9-12(6)13(15)16-14(10(2)3)11(4)5/h9-11H,7-8H2,1-6H3. The summed E-state index contributed by atoms with van der Waals surface area (Å²) in [4.78, 5) is 17.1. The Balaban J connectivity index is 4.40. The summed E-state index contributed by atoms with van der Waals surface area (Å²) in [6, 6.07) is 0.394. The Bertz CT molecular complexity index is 236. The van der Waals surface area contributed by atoms with E-state index in [0.717, 1.165) is 12.8 Å². The Morgan fingerprint density at radius 3 is 2.12 bits per heavy atom. The summed E-state index contributed by atoms with van der Waals surface area (Å²) < 4.78 is 0. The first-order valence-corrected chi connectivity index (χ1v) is 6.07. The topological polar surface area (TPSA) is 29.5 Å². The summed E-state index contributed by atoms with van der Waals surface area (Å²) >= 11 is 0. The minimum atomic E-state index is -0.240. The Hall–Kier alpha value is -0.830. The van der Waals surface area contributed by atoms with Gasteiger partial charge in [0.1, 0.15) is 0 Å². The Morgan fingerprint density at radius 2 is 1.75 bits per heavy atom. The van der Waals surface area contributed by atoms with Crippen LogP contribution in [0.5, 0.6) is 0 Å². The van der Waals surface area contributed by atoms with Gasteiger partial charge in [0.15, 0.2) is 0 Å². The number of hydroxylamine groups is 2. The summed E-state index contributed by atoms with van der Waals surface area (Å²) in [6.45, 7) is 11.9. The van der Waals surface area contributed by atoms with Gasteiger partial charge in [0.2, 0.25) is 0 Å². The number of hydrogen-bond donors (Lipinski definition) is 0. The minimum Gasteiger partial charge on any atom is -0.364 e. The lowest BCUT2D eigenvalue weighted by Crippen LogP contribution is -2.39. The second kappa shape index (κ2) is 7.44. The molecule has 0 radical (unpaired) electrons. The molecule has 0 aromatic heterocycles. The van der Waals surface area contributed by atoms with E-state index in [9.17, 15) is 4.79 Å². The first-order valence-electron chi connectivity index (χ1n) is 6.07. The summed E-state index contributed by atoms with van der Waals surface area (Å²) in [5.74, 6) is -0.240. The lowest BCUT2D eigenvalue weighted by Gasteiger charge is -2.28. The van der Waals surface area contributed by atoms with E-state index in [0.29, 0.717) is 5.57 Å². The first kappa shape index (κ1) is 15.2. The third-order valence-electron chi connectivity index (χ3n) is 2.27. The molecule has 0 aliphatic carbocycles. The van der Waals surface area contributed by atoms with Crippen LogP contribution in [0.4, 0.5) is 0 Å². The fourth-order valence-electron chi connectivity index (χ4n) is 1.42. The molecular formula is C13H25NO2. The van der Waals surface area contributed by atoms with Gasteiger partial charge < -0.3 is 4.84 Å². The van der Waals surface area contributed by atoms with Gasteiger partial charge in [-0.3, -0.25) is 0 Å². The van der Waals surface area contributed by atoms with Crippen molar-refractivity contribution >= 4 is 5.97 Å². The quantitative estimate of drug-likeness (QED) is 0.515. The highest BCUT2D eigenvalue weighted by atomic mass is 16.7. The average Bonchev–Trinajstić information content (AvgIpc) is 2.20. The molecular weight excluding hydrogens is 202 g/mol. The van der Waals surface area contributed by atoms with Gasteiger partial charge in [-0.2, -0.15) is 0 Å². The molecule has 0 aliphatic rings. The van der Waals surface area contributed by atoms with Gasteiger partial charge in [0, 0.05) is 17.7 Å². The molecule has 0 saturated carbocycles. The fourth-order valence-corrected chi connectivity index (χ4v) is 1.42. The van der Waals surface area contributed by atoms with Crippen LogP contribution in [-0.2, 0) is 9.63 Å². The maximum atomic E-state index is 11.7. The van der Waals surface area contributed by atoms with Crippen LogP contribution < -0.4 is 0 Å². The summed E-state index contributed by atoms with van der Waals surface area (Å²) in [6.07, 6.45) is 3.90. The zero-order valence-electron chi connectivity index (χ0n) is 11.4. The predicted octanol–water partition coefficient (Wildman–Crippen LogP) is 3.31. The lowest BCUT2D eigenvalue weighted by molar-refractivity contribution is -0.204. The molecule has 0 aliphatic heterocycles. The number of unbranched alkanes of at least 4 members (excludes halogenated alkanes) is 1. The molecule has 3 nitrogen and oxygen atoms in total. The van der Waals surface area contributed by atoms with Crippen molar-refractivity contribution in [3.63, 3.8) is 0 Å². The van der Waals surface area contributed by atoms with Crippen LogP contribution in [-0.4, -0.2) is 23.1 Å². The SMILES string of the molecule is CCCC=C(C)C(=O)ON(C(C)C)C(C)C. The van der Waals surface area contributed by atoms with E-state index >= 15 is 0 Å². The molecule has 3 heteroatoms. The molecule has 0 aromatic rings. The second-order valence-corrected chi connectivity index (χ2v) is 4.60. The molecule has 0 heterocycles. The van der Waals surface area contributed by atoms with Crippen molar-refractivity contribution in [2.75, 3.05) is 0 Å². The predicted molar refractivity (Wildman–Crippen MR) is 66.9 cm³/mol. The maximum absolute atomic E-state index is 11.7. The zero-order valence-corrected chi connectivity index (χ0v) is 11.4. The van der Waals surface area contributed by atoms with Crippen LogP contribution in [0, 0.1) is 0 Å². The first-order chi connectivity index (χ1) is 7.40. The highest BCUT2D eigenvalue weighted by molar-refractivity contribution is 5.87. The van der Waals surface area contributed by atoms with E-state index in [1.165, 1.54) is 0 Å². The van der Waals surface area contributed by atoms with Gasteiger partial charge in [0.05, 0.1) is 0 Å². The summed E-state index contributed by atoms with van der Waals surface area (Å²) in [5, 5.41) is 1.73. The van der Waals surface area contributed by atoms with Gasteiger partial charge in [-0.1, -0.05) is 19.4 Å². The maximum Gasteiger partial charge on any atom is 0.352 e. The van der Waals surface area contributed by atoms with Crippen LogP contribution in [0.3, 0.4) is 0 Å². The van der Waals surface area contributed by atoms with Gasteiger partial charge in [-0.05, 0) is 41.0 Å². The fraction of sp³-hybridized carbons (Fsp3) is 0.769. The minimum absolute atomic E-state index is 0.197. The molecule has 0 amide bonds. The zero-order chi connectivity index (χ0) is 12.7. The lowest BCUT2D eigenvalue weighted by atomic mass is 10.2. The van der Waals surface area contributed by atoms with E-state index in [2.05, 4.69) is 6.92 Å². The van der Waals surface area contributed by atoms with Crippen molar-refractivity contribution in [2.24, 2.45) is 0 Å². The third kappa shape index (κ3) is 5.31. The van der Waals surface area contributed by atoms with Gasteiger partial charge in [0.25, 0.3) is 0 Å². The van der Waals surface area contributed by atoms with Crippen molar-refractivity contribution in [1.29, 1.82) is 0 Å². The number of rotatable bonds is 6. The highest BCUT2D eigenvalue weighted by Crippen LogP contribution is 2.09. The molecule has 0 saturated heterocycles. The normalized spacial score (nSPS) is 12.7. The van der Waals surface area contributed by atoms with Crippen LogP contribution in [0.1, 0.15) is 54.4 Å². The number of nitrogens with zero attached hydrogens (tertiary/aromatic N) is 1. The van der Waals surface area contributed by atoms with Gasteiger partial charge in [-0.15, -0.1) is 5.06 Å². The third-order valence-corrected chi connectivity index (χ3v) is 2.27. The molecule has 16 heavy (non-hydrogen) atoms. The van der Waals surface area contributed by atoms with Crippen LogP contribution >= 0.6 is 0 Å². The Labute approximate surface area is 99.4 Å². The largest absolute Gasteiger partial charge is 0.364 e. The van der Waals surface area contributed by atoms with Crippen molar-refractivity contribution in [3.05, 3.63) is 11.6 Å². The molecule has 0 N–H and O–H groups in total. The molecule has 0 aromatic carbocycles. The molecule has 0 atom stereocenters. The Morgan fingerprint density at radius 1 is 1.25 bits per heavy atom. The highest BCUT2D eigenvalue weighted by Gasteiger charge is 2.19. The monoisotopic (exact) mass is 227 g/mol. The second-order valence-electron chi connectivity index (χ2n) is 4.60. The average molecular weight is 227 g/mol. The van der Waals surface area contributed by atoms with Crippen molar-refractivity contribution in [1.82, 2.24) is 5.06 Å². The van der Waals surface area contributed by atoms with Crippen LogP contribution in [0.2, 0.25) is 0 Å². The van der Waals surface area contributed by atoms with Crippen molar-refractivity contribution < 1.29 is 9.63 Å². The van der Waals surface area contributed by atoms with Crippen molar-refractivity contribution in [2.45, 2.75) is 66.5 Å². The molecule has 0 rings (SSSR count). The van der Waals surface area contributed by atoms with E-state index in [-0.39, 0.29) is 18.1 Å². The number of hydrogen-bond acceptors (Lipinski definition) is 3. The van der Waals surface area contributed by atoms with Crippen LogP contribution in [0.25, 0.3) is 0 Å². The summed E-state index contributed by atoms with van der Waals surface area (Å²) in [7, 11) is 0. The van der Waals surface area contributed by atoms with Crippen LogP contribution in [0.15, 0.2) is 11.6 Å². The number of carbonyl (C=O) groups is 1. The molecule has 0 fully saturated rings. The van der Waals surface area contributed by atoms with E-state index < -0.39 is 0 Å². The van der Waals surface area contributed by atoms with E-state index in [1.54, 1.807) is 12.0 Å². The number of carbonyl (C=O) groups excluding carboxylic acids is 1. The molecule has 94 valence electrons. The van der Waals surface area contributed by atoms with Crippen molar-refractivity contribution in [3.8, 4) is 0 Å². The van der Waals surface area contributed by atoms with E-state index in [4.69, 9.17) is 4.84 Å². The molecule has 0 spiro atoms. The molecule has 0 unspecified atom stereocenters. The summed E-state index contributed by atoms with van der Waals surface area (Å²) in [5.41, 5.74) is 0.688. The van der Waals surface area contributed by atoms with Gasteiger partial charge in [-0.25, -0.2) is 4.79 Å². The Kier molecular flexibility index (Phi) is 7.06. The van der Waals surface area contributed by atoms with Gasteiger partial charge >= 0.3 is 5.97 Å². The smallest absolute Gasteiger partial charge is 0.352 e. The van der Waals surface area contributed by atoms with E-state index in [1.807, 2.05) is 33.8 Å². The number of allylic oxidation sites excluding steroid dienone is 1. The molecule has 0 bridgehead atoms.